The smallest absolute Gasteiger partial charge is 0.342 e. The van der Waals surface area contributed by atoms with E-state index in [0.29, 0.717) is 35.0 Å². The first-order valence-electron chi connectivity index (χ1n) is 8.70. The molecule has 0 atom stereocenters. The molecule has 2 heterocycles. The second-order valence-electron chi connectivity index (χ2n) is 6.19. The molecule has 0 spiro atoms. The van der Waals surface area contributed by atoms with Crippen molar-refractivity contribution >= 4 is 11.5 Å². The van der Waals surface area contributed by atoms with Crippen LogP contribution in [0.2, 0.25) is 0 Å². The Kier molecular flexibility index (Phi) is 5.81. The number of methoxy groups -OCH3 is 2. The molecule has 2 aliphatic rings. The molecule has 0 unspecified atom stereocenters. The Labute approximate surface area is 148 Å². The van der Waals surface area contributed by atoms with Crippen molar-refractivity contribution in [1.82, 2.24) is 4.90 Å². The maximum Gasteiger partial charge on any atom is 0.342 e. The van der Waals surface area contributed by atoms with Gasteiger partial charge in [0, 0.05) is 6.54 Å². The molecule has 25 heavy (non-hydrogen) atoms. The summed E-state index contributed by atoms with van der Waals surface area (Å²) in [4.78, 5) is 14.6. The second-order valence-corrected chi connectivity index (χ2v) is 6.19. The van der Waals surface area contributed by atoms with Crippen molar-refractivity contribution in [3.05, 3.63) is 29.5 Å². The zero-order chi connectivity index (χ0) is 17.6. The van der Waals surface area contributed by atoms with E-state index in [1.807, 2.05) is 6.07 Å². The van der Waals surface area contributed by atoms with Crippen LogP contribution >= 0.6 is 0 Å². The average molecular weight is 347 g/mol. The molecule has 1 saturated heterocycles. The largest absolute Gasteiger partial charge is 0.493 e. The van der Waals surface area contributed by atoms with Crippen LogP contribution in [0.4, 0.5) is 0 Å². The van der Waals surface area contributed by atoms with E-state index < -0.39 is 0 Å². The lowest BCUT2D eigenvalue weighted by atomic mass is 10.1. The van der Waals surface area contributed by atoms with E-state index >= 15 is 0 Å². The minimum atomic E-state index is -0.361. The van der Waals surface area contributed by atoms with Gasteiger partial charge in [0.25, 0.3) is 0 Å². The van der Waals surface area contributed by atoms with Gasteiger partial charge in [-0.3, -0.25) is 4.90 Å². The highest BCUT2D eigenvalue weighted by Crippen LogP contribution is 2.34. The number of cyclic esters (lactones) is 1. The SMILES string of the molecule is COc1ccc(C2=C(OCCN3CCCCC3)COC2=O)cc1OC. The number of ether oxygens (including phenoxy) is 4. The van der Waals surface area contributed by atoms with Gasteiger partial charge in [0.15, 0.2) is 11.5 Å². The van der Waals surface area contributed by atoms with Gasteiger partial charge in [-0.05, 0) is 43.6 Å². The average Bonchev–Trinajstić information content (AvgIpc) is 3.02. The number of carbonyl (C=O) groups excluding carboxylic acids is 1. The summed E-state index contributed by atoms with van der Waals surface area (Å²) in [5.74, 6) is 1.42. The van der Waals surface area contributed by atoms with Crippen LogP contribution in [-0.4, -0.2) is 57.9 Å². The topological polar surface area (TPSA) is 57.2 Å². The molecular formula is C19H25NO5. The van der Waals surface area contributed by atoms with E-state index in [1.165, 1.54) is 19.3 Å². The van der Waals surface area contributed by atoms with Crippen molar-refractivity contribution in [3.63, 3.8) is 0 Å². The molecule has 0 N–H and O–H groups in total. The number of nitrogens with zero attached hydrogens (tertiary/aromatic N) is 1. The standard InChI is InChI=1S/C19H25NO5/c1-22-15-7-6-14(12-16(15)23-2)18-17(13-25-19(18)21)24-11-10-20-8-4-3-5-9-20/h6-7,12H,3-5,8-11,13H2,1-2H3. The van der Waals surface area contributed by atoms with E-state index in [2.05, 4.69) is 4.90 Å². The molecule has 1 aromatic rings. The number of hydrogen-bond acceptors (Lipinski definition) is 6. The molecule has 6 nitrogen and oxygen atoms in total. The third-order valence-corrected chi connectivity index (χ3v) is 4.62. The van der Waals surface area contributed by atoms with Crippen LogP contribution in [-0.2, 0) is 14.3 Å². The molecule has 136 valence electrons. The summed E-state index contributed by atoms with van der Waals surface area (Å²) in [6, 6.07) is 5.37. The summed E-state index contributed by atoms with van der Waals surface area (Å²) < 4.78 is 21.6. The van der Waals surface area contributed by atoms with E-state index in [-0.39, 0.29) is 12.6 Å². The minimum Gasteiger partial charge on any atom is -0.493 e. The highest BCUT2D eigenvalue weighted by atomic mass is 16.6. The van der Waals surface area contributed by atoms with Crippen LogP contribution in [0.5, 0.6) is 11.5 Å². The van der Waals surface area contributed by atoms with Gasteiger partial charge in [0.2, 0.25) is 0 Å². The normalized spacial score (nSPS) is 18.2. The fourth-order valence-electron chi connectivity index (χ4n) is 3.25. The molecule has 0 aromatic heterocycles. The highest BCUT2D eigenvalue weighted by Gasteiger charge is 2.28. The Bertz CT molecular complexity index is 649. The Hall–Kier alpha value is -2.21. The van der Waals surface area contributed by atoms with E-state index in [4.69, 9.17) is 18.9 Å². The zero-order valence-corrected chi connectivity index (χ0v) is 14.9. The molecule has 0 saturated carbocycles. The maximum absolute atomic E-state index is 12.2. The third kappa shape index (κ3) is 4.07. The van der Waals surface area contributed by atoms with E-state index in [1.54, 1.807) is 26.4 Å². The first-order valence-corrected chi connectivity index (χ1v) is 8.70. The zero-order valence-electron chi connectivity index (χ0n) is 14.9. The lowest BCUT2D eigenvalue weighted by Gasteiger charge is -2.26. The molecule has 0 radical (unpaired) electrons. The number of esters is 1. The Morgan fingerprint density at radius 1 is 1.08 bits per heavy atom. The number of piperidine rings is 1. The summed E-state index contributed by atoms with van der Waals surface area (Å²) in [6.45, 7) is 3.86. The van der Waals surface area contributed by atoms with Crippen molar-refractivity contribution in [2.45, 2.75) is 19.3 Å². The van der Waals surface area contributed by atoms with E-state index in [0.717, 1.165) is 19.6 Å². The second kappa shape index (κ2) is 8.25. The summed E-state index contributed by atoms with van der Waals surface area (Å²) >= 11 is 0. The van der Waals surface area contributed by atoms with Gasteiger partial charge < -0.3 is 18.9 Å². The monoisotopic (exact) mass is 347 g/mol. The summed E-state index contributed by atoms with van der Waals surface area (Å²) in [5.41, 5.74) is 1.19. The molecular weight excluding hydrogens is 322 g/mol. The van der Waals surface area contributed by atoms with Gasteiger partial charge in [-0.2, -0.15) is 0 Å². The molecule has 0 amide bonds. The number of hydrogen-bond donors (Lipinski definition) is 0. The first kappa shape index (κ1) is 17.6. The van der Waals surface area contributed by atoms with Gasteiger partial charge in [0.05, 0.1) is 14.2 Å². The van der Waals surface area contributed by atoms with Crippen molar-refractivity contribution in [1.29, 1.82) is 0 Å². The quantitative estimate of drug-likeness (QED) is 0.706. The third-order valence-electron chi connectivity index (χ3n) is 4.62. The van der Waals surface area contributed by atoms with Crippen molar-refractivity contribution in [2.24, 2.45) is 0 Å². The first-order chi connectivity index (χ1) is 12.2. The Morgan fingerprint density at radius 2 is 1.84 bits per heavy atom. The summed E-state index contributed by atoms with van der Waals surface area (Å²) in [5, 5.41) is 0. The summed E-state index contributed by atoms with van der Waals surface area (Å²) in [6.07, 6.45) is 3.82. The fraction of sp³-hybridized carbons (Fsp3) is 0.526. The predicted octanol–water partition coefficient (Wildman–Crippen LogP) is 2.47. The van der Waals surface area contributed by atoms with Gasteiger partial charge in [-0.15, -0.1) is 0 Å². The number of benzene rings is 1. The Morgan fingerprint density at radius 3 is 2.56 bits per heavy atom. The lowest BCUT2D eigenvalue weighted by Crippen LogP contribution is -2.32. The lowest BCUT2D eigenvalue weighted by molar-refractivity contribution is -0.134. The van der Waals surface area contributed by atoms with Gasteiger partial charge in [0.1, 0.15) is 24.5 Å². The number of likely N-dealkylation sites (tertiary alicyclic amines) is 1. The molecule has 2 aliphatic heterocycles. The van der Waals surface area contributed by atoms with Crippen LogP contribution in [0.25, 0.3) is 5.57 Å². The van der Waals surface area contributed by atoms with Gasteiger partial charge in [-0.25, -0.2) is 4.79 Å². The molecule has 3 rings (SSSR count). The predicted molar refractivity (Wildman–Crippen MR) is 93.7 cm³/mol. The van der Waals surface area contributed by atoms with E-state index in [9.17, 15) is 4.79 Å². The van der Waals surface area contributed by atoms with Gasteiger partial charge >= 0.3 is 5.97 Å². The molecule has 1 fully saturated rings. The fourth-order valence-corrected chi connectivity index (χ4v) is 3.25. The van der Waals surface area contributed by atoms with Crippen LogP contribution < -0.4 is 9.47 Å². The van der Waals surface area contributed by atoms with Gasteiger partial charge in [-0.1, -0.05) is 12.5 Å². The molecule has 0 bridgehead atoms. The summed E-state index contributed by atoms with van der Waals surface area (Å²) in [7, 11) is 3.15. The van der Waals surface area contributed by atoms with Crippen molar-refractivity contribution in [2.75, 3.05) is 47.1 Å². The Balaban J connectivity index is 1.72. The van der Waals surface area contributed by atoms with Crippen molar-refractivity contribution < 1.29 is 23.7 Å². The molecule has 1 aromatic carbocycles. The van der Waals surface area contributed by atoms with Crippen molar-refractivity contribution in [3.8, 4) is 11.5 Å². The highest BCUT2D eigenvalue weighted by molar-refractivity contribution is 6.19. The van der Waals surface area contributed by atoms with Crippen LogP contribution in [0, 0.1) is 0 Å². The number of rotatable bonds is 7. The van der Waals surface area contributed by atoms with Crippen LogP contribution in [0.15, 0.2) is 24.0 Å². The number of carbonyl (C=O) groups is 1. The molecule has 0 aliphatic carbocycles. The van der Waals surface area contributed by atoms with Crippen LogP contribution in [0.3, 0.4) is 0 Å². The molecule has 6 heteroatoms. The maximum atomic E-state index is 12.2. The minimum absolute atomic E-state index is 0.183. The van der Waals surface area contributed by atoms with Crippen LogP contribution in [0.1, 0.15) is 24.8 Å².